The Kier molecular flexibility index (Phi) is 4.75. The predicted molar refractivity (Wildman–Crippen MR) is 94.8 cm³/mol. The largest absolute Gasteiger partial charge is 0.265 e. The molecule has 0 amide bonds. The molecule has 0 unspecified atom stereocenters. The molecular formula is C16H12ClN5S. The van der Waals surface area contributed by atoms with Crippen LogP contribution in [0.2, 0.25) is 0 Å². The Morgan fingerprint density at radius 1 is 1.17 bits per heavy atom. The van der Waals surface area contributed by atoms with Gasteiger partial charge in [-0.05, 0) is 36.0 Å². The van der Waals surface area contributed by atoms with Gasteiger partial charge in [-0.3, -0.25) is 4.98 Å². The molecule has 1 N–H and O–H groups in total. The summed E-state index contributed by atoms with van der Waals surface area (Å²) >= 11 is 11.4. The smallest absolute Gasteiger partial charge is 0.216 e. The normalized spacial score (nSPS) is 12.0. The number of aromatic amines is 1. The zero-order valence-corrected chi connectivity index (χ0v) is 13.5. The maximum atomic E-state index is 6.21. The number of allylic oxidation sites excluding steroid dienone is 1. The van der Waals surface area contributed by atoms with E-state index in [2.05, 4.69) is 20.3 Å². The number of hydrogen-bond acceptors (Lipinski definition) is 4. The quantitative estimate of drug-likeness (QED) is 0.573. The first-order valence-corrected chi connectivity index (χ1v) is 7.57. The standard InChI is InChI=1S/C16H12ClN5S/c17-14(10-12-4-2-1-3-5-12)11-19-22-15(20-21-16(22)23)13-6-8-18-9-7-13/h1-11H,(H,21,23)/b14-10+,19-11?. The number of pyridine rings is 1. The Balaban J connectivity index is 1.90. The van der Waals surface area contributed by atoms with E-state index in [9.17, 15) is 0 Å². The van der Waals surface area contributed by atoms with Crippen LogP contribution in [0.25, 0.3) is 17.5 Å². The second-order valence-electron chi connectivity index (χ2n) is 4.58. The van der Waals surface area contributed by atoms with Gasteiger partial charge in [-0.1, -0.05) is 41.9 Å². The van der Waals surface area contributed by atoms with Gasteiger partial charge in [-0.25, -0.2) is 5.10 Å². The van der Waals surface area contributed by atoms with E-state index in [1.54, 1.807) is 12.4 Å². The Labute approximate surface area is 143 Å². The van der Waals surface area contributed by atoms with E-state index in [0.29, 0.717) is 15.6 Å². The van der Waals surface area contributed by atoms with E-state index in [4.69, 9.17) is 23.8 Å². The lowest BCUT2D eigenvalue weighted by Crippen LogP contribution is -1.94. The molecule has 0 spiro atoms. The zero-order valence-electron chi connectivity index (χ0n) is 11.9. The van der Waals surface area contributed by atoms with Crippen molar-refractivity contribution in [3.05, 3.63) is 70.2 Å². The van der Waals surface area contributed by atoms with Gasteiger partial charge in [-0.2, -0.15) is 14.9 Å². The van der Waals surface area contributed by atoms with E-state index in [1.165, 1.54) is 10.9 Å². The van der Waals surface area contributed by atoms with Crippen LogP contribution in [-0.4, -0.2) is 26.1 Å². The molecule has 7 heteroatoms. The molecule has 0 aliphatic rings. The van der Waals surface area contributed by atoms with Crippen LogP contribution in [0.5, 0.6) is 0 Å². The fourth-order valence-electron chi connectivity index (χ4n) is 1.95. The van der Waals surface area contributed by atoms with Crippen molar-refractivity contribution in [3.63, 3.8) is 0 Å². The summed E-state index contributed by atoms with van der Waals surface area (Å²) in [5, 5.41) is 11.7. The molecule has 5 nitrogen and oxygen atoms in total. The summed E-state index contributed by atoms with van der Waals surface area (Å²) in [6.07, 6.45) is 6.72. The Morgan fingerprint density at radius 2 is 1.91 bits per heavy atom. The minimum absolute atomic E-state index is 0.386. The summed E-state index contributed by atoms with van der Waals surface area (Å²) in [7, 11) is 0. The van der Waals surface area contributed by atoms with Crippen LogP contribution < -0.4 is 0 Å². The van der Waals surface area contributed by atoms with E-state index in [1.807, 2.05) is 48.5 Å². The lowest BCUT2D eigenvalue weighted by atomic mass is 10.2. The van der Waals surface area contributed by atoms with Crippen molar-refractivity contribution < 1.29 is 0 Å². The molecule has 3 rings (SSSR count). The molecule has 2 aromatic heterocycles. The second-order valence-corrected chi connectivity index (χ2v) is 5.41. The van der Waals surface area contributed by atoms with Crippen LogP contribution >= 0.6 is 23.8 Å². The SMILES string of the molecule is S=c1[nH]nc(-c2ccncc2)n1N=C/C(Cl)=C\c1ccccc1. The molecule has 1 aromatic carbocycles. The maximum absolute atomic E-state index is 6.21. The highest BCUT2D eigenvalue weighted by Crippen LogP contribution is 2.16. The predicted octanol–water partition coefficient (Wildman–Crippen LogP) is 4.12. The number of halogens is 1. The third-order valence-electron chi connectivity index (χ3n) is 2.99. The van der Waals surface area contributed by atoms with Gasteiger partial charge in [0.05, 0.1) is 11.2 Å². The third-order valence-corrected chi connectivity index (χ3v) is 3.46. The zero-order chi connectivity index (χ0) is 16.1. The monoisotopic (exact) mass is 341 g/mol. The average molecular weight is 342 g/mol. The number of rotatable bonds is 4. The topological polar surface area (TPSA) is 58.9 Å². The molecule has 0 saturated carbocycles. The van der Waals surface area contributed by atoms with Gasteiger partial charge in [0, 0.05) is 18.0 Å². The Bertz CT molecular complexity index is 897. The summed E-state index contributed by atoms with van der Waals surface area (Å²) < 4.78 is 1.91. The summed E-state index contributed by atoms with van der Waals surface area (Å²) in [6, 6.07) is 13.4. The van der Waals surface area contributed by atoms with E-state index in [-0.39, 0.29) is 0 Å². The van der Waals surface area contributed by atoms with Crippen LogP contribution in [0.3, 0.4) is 0 Å². The third kappa shape index (κ3) is 3.80. The molecule has 0 saturated heterocycles. The number of aromatic nitrogens is 4. The molecule has 114 valence electrons. The van der Waals surface area contributed by atoms with E-state index in [0.717, 1.165) is 11.1 Å². The van der Waals surface area contributed by atoms with Crippen molar-refractivity contribution in [1.29, 1.82) is 0 Å². The van der Waals surface area contributed by atoms with Crippen LogP contribution in [0.4, 0.5) is 0 Å². The highest BCUT2D eigenvalue weighted by Gasteiger charge is 2.07. The number of hydrogen-bond donors (Lipinski definition) is 1. The molecule has 0 aliphatic heterocycles. The fraction of sp³-hybridized carbons (Fsp3) is 0. The molecular weight excluding hydrogens is 330 g/mol. The van der Waals surface area contributed by atoms with E-state index < -0.39 is 0 Å². The van der Waals surface area contributed by atoms with Crippen molar-refractivity contribution >= 4 is 36.1 Å². The van der Waals surface area contributed by atoms with Crippen LogP contribution in [0.15, 0.2) is 65.0 Å². The number of nitrogens with one attached hydrogen (secondary N) is 1. The van der Waals surface area contributed by atoms with Gasteiger partial charge in [0.25, 0.3) is 0 Å². The molecule has 0 atom stereocenters. The molecule has 0 radical (unpaired) electrons. The lowest BCUT2D eigenvalue weighted by Gasteiger charge is -2.00. The summed E-state index contributed by atoms with van der Waals surface area (Å²) in [5.74, 6) is 0.595. The van der Waals surface area contributed by atoms with Crippen molar-refractivity contribution in [3.8, 4) is 11.4 Å². The van der Waals surface area contributed by atoms with Crippen molar-refractivity contribution in [2.45, 2.75) is 0 Å². The molecule has 3 aromatic rings. The lowest BCUT2D eigenvalue weighted by molar-refractivity contribution is 0.872. The van der Waals surface area contributed by atoms with Gasteiger partial charge in [0.2, 0.25) is 4.77 Å². The fourth-order valence-corrected chi connectivity index (χ4v) is 2.29. The first-order valence-electron chi connectivity index (χ1n) is 6.78. The van der Waals surface area contributed by atoms with Crippen LogP contribution in [-0.2, 0) is 0 Å². The maximum Gasteiger partial charge on any atom is 0.216 e. The highest BCUT2D eigenvalue weighted by atomic mass is 35.5. The van der Waals surface area contributed by atoms with E-state index >= 15 is 0 Å². The number of H-pyrrole nitrogens is 1. The summed E-state index contributed by atoms with van der Waals surface area (Å²) in [5.41, 5.74) is 1.85. The number of nitrogens with zero attached hydrogens (tertiary/aromatic N) is 4. The Hall–Kier alpha value is -2.57. The van der Waals surface area contributed by atoms with Crippen molar-refractivity contribution in [1.82, 2.24) is 19.9 Å². The van der Waals surface area contributed by atoms with Crippen LogP contribution in [0.1, 0.15) is 5.56 Å². The second kappa shape index (κ2) is 7.13. The highest BCUT2D eigenvalue weighted by molar-refractivity contribution is 7.71. The summed E-state index contributed by atoms with van der Waals surface area (Å²) in [6.45, 7) is 0. The van der Waals surface area contributed by atoms with Gasteiger partial charge in [0.15, 0.2) is 5.82 Å². The molecule has 0 fully saturated rings. The van der Waals surface area contributed by atoms with Crippen molar-refractivity contribution in [2.75, 3.05) is 0 Å². The molecule has 23 heavy (non-hydrogen) atoms. The molecule has 0 bridgehead atoms. The summed E-state index contributed by atoms with van der Waals surface area (Å²) in [4.78, 5) is 3.99. The first-order chi connectivity index (χ1) is 11.2. The molecule has 2 heterocycles. The van der Waals surface area contributed by atoms with Gasteiger partial charge in [-0.15, -0.1) is 0 Å². The first kappa shape index (κ1) is 15.3. The van der Waals surface area contributed by atoms with Gasteiger partial charge < -0.3 is 0 Å². The minimum atomic E-state index is 0.386. The minimum Gasteiger partial charge on any atom is -0.265 e. The van der Waals surface area contributed by atoms with Crippen LogP contribution in [0, 0.1) is 4.77 Å². The average Bonchev–Trinajstić information content (AvgIpc) is 2.95. The number of benzene rings is 1. The Morgan fingerprint density at radius 3 is 2.65 bits per heavy atom. The van der Waals surface area contributed by atoms with Gasteiger partial charge in [0.1, 0.15) is 0 Å². The molecule has 0 aliphatic carbocycles. The van der Waals surface area contributed by atoms with Crippen molar-refractivity contribution in [2.24, 2.45) is 5.10 Å². The van der Waals surface area contributed by atoms with Gasteiger partial charge >= 0.3 is 0 Å².